The van der Waals surface area contributed by atoms with Crippen LogP contribution in [0.5, 0.6) is 0 Å². The number of hydrogen-bond acceptors (Lipinski definition) is 3. The second kappa shape index (κ2) is 5.52. The molecule has 3 heteroatoms. The number of esters is 1. The van der Waals surface area contributed by atoms with Crippen molar-refractivity contribution in [1.82, 2.24) is 0 Å². The Morgan fingerprint density at radius 2 is 1.83 bits per heavy atom. The van der Waals surface area contributed by atoms with Gasteiger partial charge >= 0.3 is 5.97 Å². The number of ether oxygens (including phenoxy) is 2. The number of rotatable bonds is 2. The summed E-state index contributed by atoms with van der Waals surface area (Å²) < 4.78 is 10.4. The van der Waals surface area contributed by atoms with E-state index in [0.29, 0.717) is 18.8 Å². The first-order valence-electron chi connectivity index (χ1n) is 7.58. The van der Waals surface area contributed by atoms with Crippen LogP contribution in [0.3, 0.4) is 0 Å². The molecule has 0 N–H and O–H groups in total. The van der Waals surface area contributed by atoms with Crippen LogP contribution in [0, 0.1) is 0 Å². The Hall–Kier alpha value is -2.65. The van der Waals surface area contributed by atoms with Crippen molar-refractivity contribution in [2.75, 3.05) is 7.11 Å². The van der Waals surface area contributed by atoms with Crippen molar-refractivity contribution in [3.8, 4) is 11.1 Å². The van der Waals surface area contributed by atoms with Gasteiger partial charge in [-0.3, -0.25) is 0 Å². The molecule has 0 saturated carbocycles. The van der Waals surface area contributed by atoms with Crippen LogP contribution >= 0.6 is 0 Å². The van der Waals surface area contributed by atoms with Gasteiger partial charge < -0.3 is 9.47 Å². The summed E-state index contributed by atoms with van der Waals surface area (Å²) in [6, 6.07) is 18.2. The van der Waals surface area contributed by atoms with Crippen LogP contribution in [0.4, 0.5) is 0 Å². The highest BCUT2D eigenvalue weighted by molar-refractivity contribution is 6.00. The third-order valence-corrected chi connectivity index (χ3v) is 4.35. The zero-order valence-electron chi connectivity index (χ0n) is 12.8. The number of fused-ring (bicyclic) bond motifs is 2. The van der Waals surface area contributed by atoms with Crippen LogP contribution in [0.2, 0.25) is 0 Å². The van der Waals surface area contributed by atoms with Gasteiger partial charge in [-0.05, 0) is 51.2 Å². The molecule has 23 heavy (non-hydrogen) atoms. The van der Waals surface area contributed by atoms with Crippen LogP contribution in [0.1, 0.15) is 21.5 Å². The lowest BCUT2D eigenvalue weighted by Gasteiger charge is -2.13. The molecular formula is C20H16O3. The molecule has 0 fully saturated rings. The topological polar surface area (TPSA) is 35.5 Å². The molecule has 0 radical (unpaired) electrons. The van der Waals surface area contributed by atoms with Gasteiger partial charge in [0.05, 0.1) is 25.9 Å². The van der Waals surface area contributed by atoms with Gasteiger partial charge in [0.2, 0.25) is 0 Å². The quantitative estimate of drug-likeness (QED) is 0.661. The van der Waals surface area contributed by atoms with E-state index in [2.05, 4.69) is 30.3 Å². The third-order valence-electron chi connectivity index (χ3n) is 4.35. The molecule has 1 heterocycles. The van der Waals surface area contributed by atoms with E-state index in [4.69, 9.17) is 9.47 Å². The molecule has 0 spiro atoms. The van der Waals surface area contributed by atoms with Gasteiger partial charge in [0.15, 0.2) is 0 Å². The number of methoxy groups -OCH3 is 1. The van der Waals surface area contributed by atoms with Gasteiger partial charge in [0, 0.05) is 0 Å². The van der Waals surface area contributed by atoms with Crippen molar-refractivity contribution in [3.63, 3.8) is 0 Å². The van der Waals surface area contributed by atoms with E-state index in [1.807, 2.05) is 24.3 Å². The number of carbonyl (C=O) groups is 1. The highest BCUT2D eigenvalue weighted by Crippen LogP contribution is 2.38. The second-order valence-corrected chi connectivity index (χ2v) is 5.67. The van der Waals surface area contributed by atoms with Crippen molar-refractivity contribution >= 4 is 16.7 Å². The molecule has 3 aromatic carbocycles. The van der Waals surface area contributed by atoms with Crippen molar-refractivity contribution in [1.29, 1.82) is 0 Å². The Balaban J connectivity index is 1.93. The summed E-state index contributed by atoms with van der Waals surface area (Å²) in [6.45, 7) is 1.29. The molecule has 1 aliphatic rings. The van der Waals surface area contributed by atoms with E-state index >= 15 is 0 Å². The Morgan fingerprint density at radius 1 is 1.04 bits per heavy atom. The molecule has 0 aliphatic carbocycles. The van der Waals surface area contributed by atoms with E-state index in [0.717, 1.165) is 5.56 Å². The average molecular weight is 304 g/mol. The maximum Gasteiger partial charge on any atom is 0.337 e. The molecule has 3 nitrogen and oxygen atoms in total. The molecule has 0 unspecified atom stereocenters. The molecule has 3 aromatic rings. The van der Waals surface area contributed by atoms with Crippen molar-refractivity contribution in [2.45, 2.75) is 13.2 Å². The molecule has 0 amide bonds. The van der Waals surface area contributed by atoms with Crippen LogP contribution in [0.15, 0.2) is 54.6 Å². The lowest BCUT2D eigenvalue weighted by atomic mass is 9.90. The molecule has 4 rings (SSSR count). The minimum absolute atomic E-state index is 0.317. The van der Waals surface area contributed by atoms with Crippen LogP contribution < -0.4 is 0 Å². The number of carbonyl (C=O) groups excluding carboxylic acids is 1. The van der Waals surface area contributed by atoms with Gasteiger partial charge in [-0.15, -0.1) is 0 Å². The number of hydrogen-bond donors (Lipinski definition) is 0. The first-order valence-corrected chi connectivity index (χ1v) is 7.58. The maximum absolute atomic E-state index is 11.6. The van der Waals surface area contributed by atoms with Crippen LogP contribution in [-0.2, 0) is 22.7 Å². The van der Waals surface area contributed by atoms with Crippen LogP contribution in [-0.4, -0.2) is 13.1 Å². The van der Waals surface area contributed by atoms with Crippen molar-refractivity contribution in [2.24, 2.45) is 0 Å². The standard InChI is InChI=1S/C20H16O3/c1-22-20(21)14-8-6-13(7-9-14)19-17-5-3-2-4-15(17)10-16-11-23-12-18(16)19/h2-10H,11-12H2,1H3. The third kappa shape index (κ3) is 2.30. The van der Waals surface area contributed by atoms with E-state index in [9.17, 15) is 4.79 Å². The Morgan fingerprint density at radius 3 is 2.61 bits per heavy atom. The predicted octanol–water partition coefficient (Wildman–Crippen LogP) is 4.32. The Kier molecular flexibility index (Phi) is 3.36. The maximum atomic E-state index is 11.6. The Bertz CT molecular complexity index is 895. The first-order chi connectivity index (χ1) is 11.3. The lowest BCUT2D eigenvalue weighted by molar-refractivity contribution is 0.0601. The summed E-state index contributed by atoms with van der Waals surface area (Å²) in [5.74, 6) is -0.317. The van der Waals surface area contributed by atoms with Crippen molar-refractivity contribution < 1.29 is 14.3 Å². The molecule has 0 aromatic heterocycles. The van der Waals surface area contributed by atoms with Gasteiger partial charge in [-0.25, -0.2) is 4.79 Å². The summed E-state index contributed by atoms with van der Waals surface area (Å²) >= 11 is 0. The van der Waals surface area contributed by atoms with E-state index < -0.39 is 0 Å². The molecule has 0 saturated heterocycles. The smallest absolute Gasteiger partial charge is 0.337 e. The van der Waals surface area contributed by atoms with Gasteiger partial charge in [0.1, 0.15) is 0 Å². The first kappa shape index (κ1) is 14.0. The molecular weight excluding hydrogens is 288 g/mol. The van der Waals surface area contributed by atoms with Crippen molar-refractivity contribution in [3.05, 3.63) is 71.3 Å². The zero-order chi connectivity index (χ0) is 15.8. The minimum Gasteiger partial charge on any atom is -0.465 e. The summed E-state index contributed by atoms with van der Waals surface area (Å²) in [6.07, 6.45) is 0. The fourth-order valence-electron chi connectivity index (χ4n) is 3.23. The summed E-state index contributed by atoms with van der Waals surface area (Å²) in [5, 5.41) is 2.42. The monoisotopic (exact) mass is 304 g/mol. The van der Waals surface area contributed by atoms with Gasteiger partial charge in [0.25, 0.3) is 0 Å². The average Bonchev–Trinajstić information content (AvgIpc) is 3.07. The van der Waals surface area contributed by atoms with Gasteiger partial charge in [-0.2, -0.15) is 0 Å². The highest BCUT2D eigenvalue weighted by Gasteiger charge is 2.19. The van der Waals surface area contributed by atoms with E-state index in [-0.39, 0.29) is 5.97 Å². The molecule has 1 aliphatic heterocycles. The van der Waals surface area contributed by atoms with E-state index in [1.165, 1.54) is 34.6 Å². The minimum atomic E-state index is -0.317. The molecule has 114 valence electrons. The van der Waals surface area contributed by atoms with Crippen LogP contribution in [0.25, 0.3) is 21.9 Å². The normalized spacial score (nSPS) is 13.1. The summed E-state index contributed by atoms with van der Waals surface area (Å²) in [4.78, 5) is 11.6. The molecule has 0 atom stereocenters. The second-order valence-electron chi connectivity index (χ2n) is 5.67. The SMILES string of the molecule is COC(=O)c1ccc(-c2c3c(cc4ccccc24)COC3)cc1. The Labute approximate surface area is 134 Å². The summed E-state index contributed by atoms with van der Waals surface area (Å²) in [7, 11) is 1.39. The number of benzene rings is 3. The molecule has 0 bridgehead atoms. The van der Waals surface area contributed by atoms with Gasteiger partial charge in [-0.1, -0.05) is 36.4 Å². The zero-order valence-corrected chi connectivity index (χ0v) is 12.8. The van der Waals surface area contributed by atoms with E-state index in [1.54, 1.807) is 0 Å². The fourth-order valence-corrected chi connectivity index (χ4v) is 3.23. The summed E-state index contributed by atoms with van der Waals surface area (Å²) in [5.41, 5.74) is 5.35. The fraction of sp³-hybridized carbons (Fsp3) is 0.150. The highest BCUT2D eigenvalue weighted by atomic mass is 16.5. The predicted molar refractivity (Wildman–Crippen MR) is 89.2 cm³/mol. The largest absolute Gasteiger partial charge is 0.465 e. The lowest BCUT2D eigenvalue weighted by Crippen LogP contribution is -2.00.